The number of benzene rings is 2. The number of hydrogen-bond donors (Lipinski definition) is 1. The molecule has 1 N–H and O–H groups in total. The van der Waals surface area contributed by atoms with Crippen LogP contribution in [0.1, 0.15) is 10.4 Å². The summed E-state index contributed by atoms with van der Waals surface area (Å²) in [6.07, 6.45) is -0.880. The van der Waals surface area contributed by atoms with Crippen molar-refractivity contribution < 1.29 is 24.2 Å². The molecule has 0 spiro atoms. The van der Waals surface area contributed by atoms with Crippen LogP contribution in [0, 0.1) is 0 Å². The van der Waals surface area contributed by atoms with Gasteiger partial charge in [-0.15, -0.1) is 0 Å². The molecule has 2 aromatic carbocycles. The second-order valence-electron chi connectivity index (χ2n) is 3.60. The lowest BCUT2D eigenvalue weighted by Gasteiger charge is -2.05. The molecular weight excluding hydrogens is 248 g/mol. The average Bonchev–Trinajstić information content (AvgIpc) is 2.40. The van der Waals surface area contributed by atoms with Gasteiger partial charge in [0.2, 0.25) is 0 Å². The number of aromatic carboxylic acids is 1. The standard InChI is InChI=1S/C14H10O5/c15-13(16)10-6-8-12(9-7-10)19-14(17)18-11-4-2-1-3-5-11/h1-9H,(H,15,16). The van der Waals surface area contributed by atoms with Crippen molar-refractivity contribution in [1.82, 2.24) is 0 Å². The second-order valence-corrected chi connectivity index (χ2v) is 3.60. The van der Waals surface area contributed by atoms with E-state index in [9.17, 15) is 9.59 Å². The Balaban J connectivity index is 1.97. The molecule has 2 aromatic rings. The normalized spacial score (nSPS) is 9.68. The fraction of sp³-hybridized carbons (Fsp3) is 0. The number of carbonyl (C=O) groups is 2. The number of carboxylic acids is 1. The summed E-state index contributed by atoms with van der Waals surface area (Å²) in [4.78, 5) is 22.1. The Labute approximate surface area is 109 Å². The first kappa shape index (κ1) is 12.6. The maximum Gasteiger partial charge on any atom is 0.519 e. The first-order valence-electron chi connectivity index (χ1n) is 5.43. The lowest BCUT2D eigenvalue weighted by molar-refractivity contribution is 0.0697. The average molecular weight is 258 g/mol. The van der Waals surface area contributed by atoms with Gasteiger partial charge in [-0.3, -0.25) is 0 Å². The molecule has 0 aliphatic rings. The third-order valence-electron chi connectivity index (χ3n) is 2.25. The van der Waals surface area contributed by atoms with Crippen LogP contribution < -0.4 is 9.47 Å². The molecule has 0 aliphatic carbocycles. The van der Waals surface area contributed by atoms with E-state index in [-0.39, 0.29) is 11.3 Å². The van der Waals surface area contributed by atoms with E-state index in [1.165, 1.54) is 24.3 Å². The van der Waals surface area contributed by atoms with Crippen molar-refractivity contribution in [3.05, 3.63) is 60.2 Å². The van der Waals surface area contributed by atoms with Gasteiger partial charge >= 0.3 is 12.1 Å². The minimum atomic E-state index is -1.04. The van der Waals surface area contributed by atoms with E-state index in [1.807, 2.05) is 0 Å². The number of carbonyl (C=O) groups excluding carboxylic acids is 1. The Morgan fingerprint density at radius 3 is 1.84 bits per heavy atom. The molecule has 0 saturated heterocycles. The highest BCUT2D eigenvalue weighted by atomic mass is 16.7. The highest BCUT2D eigenvalue weighted by Gasteiger charge is 2.08. The summed E-state index contributed by atoms with van der Waals surface area (Å²) in [6.45, 7) is 0. The summed E-state index contributed by atoms with van der Waals surface area (Å²) in [6, 6.07) is 13.9. The molecular formula is C14H10O5. The molecule has 2 rings (SSSR count). The summed E-state index contributed by atoms with van der Waals surface area (Å²) in [5.41, 5.74) is 0.115. The van der Waals surface area contributed by atoms with E-state index in [0.29, 0.717) is 5.75 Å². The molecule has 0 saturated carbocycles. The Morgan fingerprint density at radius 1 is 0.789 bits per heavy atom. The van der Waals surface area contributed by atoms with E-state index in [1.54, 1.807) is 30.3 Å². The quantitative estimate of drug-likeness (QED) is 0.676. The van der Waals surface area contributed by atoms with Crippen LogP contribution in [0.3, 0.4) is 0 Å². The maximum atomic E-state index is 11.4. The second kappa shape index (κ2) is 5.68. The summed E-state index contributed by atoms with van der Waals surface area (Å²) in [5, 5.41) is 8.72. The minimum absolute atomic E-state index is 0.115. The Kier molecular flexibility index (Phi) is 3.78. The van der Waals surface area contributed by atoms with Crippen molar-refractivity contribution in [3.8, 4) is 11.5 Å². The summed E-state index contributed by atoms with van der Waals surface area (Å²) in [7, 11) is 0. The predicted molar refractivity (Wildman–Crippen MR) is 66.5 cm³/mol. The smallest absolute Gasteiger partial charge is 0.478 e. The van der Waals surface area contributed by atoms with Crippen molar-refractivity contribution in [2.45, 2.75) is 0 Å². The van der Waals surface area contributed by atoms with Crippen LogP contribution in [0.25, 0.3) is 0 Å². The summed E-state index contributed by atoms with van der Waals surface area (Å²) in [5.74, 6) is -0.459. The van der Waals surface area contributed by atoms with Crippen LogP contribution >= 0.6 is 0 Å². The lowest BCUT2D eigenvalue weighted by atomic mass is 10.2. The van der Waals surface area contributed by atoms with Gasteiger partial charge in [-0.05, 0) is 36.4 Å². The predicted octanol–water partition coefficient (Wildman–Crippen LogP) is 2.96. The molecule has 96 valence electrons. The third kappa shape index (κ3) is 3.57. The molecule has 19 heavy (non-hydrogen) atoms. The lowest BCUT2D eigenvalue weighted by Crippen LogP contribution is -2.13. The Bertz CT molecular complexity index is 575. The molecule has 0 fully saturated rings. The van der Waals surface area contributed by atoms with E-state index in [2.05, 4.69) is 0 Å². The topological polar surface area (TPSA) is 72.8 Å². The molecule has 5 nitrogen and oxygen atoms in total. The first-order chi connectivity index (χ1) is 9.15. The zero-order chi connectivity index (χ0) is 13.7. The number of rotatable bonds is 3. The van der Waals surface area contributed by atoms with E-state index < -0.39 is 12.1 Å². The molecule has 0 heterocycles. The van der Waals surface area contributed by atoms with Crippen LogP contribution in [0.4, 0.5) is 4.79 Å². The molecule has 0 bridgehead atoms. The fourth-order valence-electron chi connectivity index (χ4n) is 1.37. The molecule has 0 atom stereocenters. The van der Waals surface area contributed by atoms with Gasteiger partial charge < -0.3 is 14.6 Å². The maximum absolute atomic E-state index is 11.4. The van der Waals surface area contributed by atoms with Crippen LogP contribution in [-0.2, 0) is 0 Å². The van der Waals surface area contributed by atoms with E-state index in [4.69, 9.17) is 14.6 Å². The zero-order valence-electron chi connectivity index (χ0n) is 9.78. The number of carboxylic acid groups (broad SMARTS) is 1. The highest BCUT2D eigenvalue weighted by Crippen LogP contribution is 2.14. The summed E-state index contributed by atoms with van der Waals surface area (Å²) < 4.78 is 9.82. The van der Waals surface area contributed by atoms with Crippen LogP contribution in [0.5, 0.6) is 11.5 Å². The van der Waals surface area contributed by atoms with Gasteiger partial charge in [-0.1, -0.05) is 18.2 Å². The third-order valence-corrected chi connectivity index (χ3v) is 2.25. The van der Waals surface area contributed by atoms with Crippen molar-refractivity contribution in [2.75, 3.05) is 0 Å². The molecule has 0 unspecified atom stereocenters. The van der Waals surface area contributed by atoms with Gasteiger partial charge in [0.1, 0.15) is 11.5 Å². The first-order valence-corrected chi connectivity index (χ1v) is 5.43. The van der Waals surface area contributed by atoms with E-state index >= 15 is 0 Å². The SMILES string of the molecule is O=C(Oc1ccccc1)Oc1ccc(C(=O)O)cc1. The Morgan fingerprint density at radius 2 is 1.32 bits per heavy atom. The fourth-order valence-corrected chi connectivity index (χ4v) is 1.37. The molecule has 0 radical (unpaired) electrons. The number of ether oxygens (including phenoxy) is 2. The van der Waals surface area contributed by atoms with Crippen LogP contribution in [0.2, 0.25) is 0 Å². The van der Waals surface area contributed by atoms with Gasteiger partial charge in [0.05, 0.1) is 5.56 Å². The largest absolute Gasteiger partial charge is 0.519 e. The molecule has 5 heteroatoms. The van der Waals surface area contributed by atoms with Gasteiger partial charge in [0.25, 0.3) is 0 Å². The van der Waals surface area contributed by atoms with Gasteiger partial charge in [0, 0.05) is 0 Å². The van der Waals surface area contributed by atoms with Crippen molar-refractivity contribution in [3.63, 3.8) is 0 Å². The van der Waals surface area contributed by atoms with Crippen molar-refractivity contribution in [2.24, 2.45) is 0 Å². The van der Waals surface area contributed by atoms with Gasteiger partial charge in [-0.25, -0.2) is 9.59 Å². The Hall–Kier alpha value is -2.82. The van der Waals surface area contributed by atoms with Crippen LogP contribution in [0.15, 0.2) is 54.6 Å². The number of para-hydroxylation sites is 1. The molecule has 0 aromatic heterocycles. The monoisotopic (exact) mass is 258 g/mol. The van der Waals surface area contributed by atoms with Crippen molar-refractivity contribution in [1.29, 1.82) is 0 Å². The number of hydrogen-bond acceptors (Lipinski definition) is 4. The molecule has 0 aliphatic heterocycles. The zero-order valence-corrected chi connectivity index (χ0v) is 9.78. The van der Waals surface area contributed by atoms with Gasteiger partial charge in [-0.2, -0.15) is 0 Å². The van der Waals surface area contributed by atoms with Crippen LogP contribution in [-0.4, -0.2) is 17.2 Å². The van der Waals surface area contributed by atoms with E-state index in [0.717, 1.165) is 0 Å². The summed E-state index contributed by atoms with van der Waals surface area (Å²) >= 11 is 0. The molecule has 0 amide bonds. The minimum Gasteiger partial charge on any atom is -0.478 e. The van der Waals surface area contributed by atoms with Crippen molar-refractivity contribution >= 4 is 12.1 Å². The highest BCUT2D eigenvalue weighted by molar-refractivity contribution is 5.87. The van der Waals surface area contributed by atoms with Gasteiger partial charge in [0.15, 0.2) is 0 Å².